The van der Waals surface area contributed by atoms with Gasteiger partial charge in [-0.1, -0.05) is 19.9 Å². The van der Waals surface area contributed by atoms with Gasteiger partial charge in [0.2, 0.25) is 0 Å². The second-order valence-corrected chi connectivity index (χ2v) is 5.18. The monoisotopic (exact) mass is 341 g/mol. The highest BCUT2D eigenvalue weighted by Gasteiger charge is 2.47. The molecule has 0 saturated heterocycles. The predicted molar refractivity (Wildman–Crippen MR) is 84.5 cm³/mol. The Bertz CT molecular complexity index is 590. The Morgan fingerprint density at radius 3 is 2.42 bits per heavy atom. The minimum atomic E-state index is -2.15. The third kappa shape index (κ3) is 4.51. The quantitative estimate of drug-likeness (QED) is 0.390. The van der Waals surface area contributed by atoms with Crippen molar-refractivity contribution in [2.45, 2.75) is 38.8 Å². The lowest BCUT2D eigenvalue weighted by Gasteiger charge is -2.32. The first-order valence-corrected chi connectivity index (χ1v) is 7.59. The molecule has 24 heavy (non-hydrogen) atoms. The molecule has 0 aromatic heterocycles. The molecule has 0 spiro atoms. The van der Waals surface area contributed by atoms with Crippen molar-refractivity contribution in [1.82, 2.24) is 0 Å². The van der Waals surface area contributed by atoms with Crippen LogP contribution in [0.2, 0.25) is 0 Å². The highest BCUT2D eigenvalue weighted by atomic mass is 16.7. The van der Waals surface area contributed by atoms with Gasteiger partial charge < -0.3 is 24.4 Å². The Morgan fingerprint density at radius 2 is 1.88 bits per heavy atom. The lowest BCUT2D eigenvalue weighted by molar-refractivity contribution is -0.170. The Labute approximate surface area is 140 Å². The Morgan fingerprint density at radius 1 is 1.21 bits per heavy atom. The van der Waals surface area contributed by atoms with Crippen molar-refractivity contribution in [3.63, 3.8) is 0 Å². The van der Waals surface area contributed by atoms with Crippen LogP contribution in [-0.2, 0) is 19.0 Å². The maximum atomic E-state index is 12.3. The summed E-state index contributed by atoms with van der Waals surface area (Å²) in [5.41, 5.74) is 4.25. The highest BCUT2D eigenvalue weighted by molar-refractivity contribution is 5.82. The molecule has 0 aliphatic rings. The molecule has 134 valence electrons. The molecular weight excluding hydrogens is 318 g/mol. The van der Waals surface area contributed by atoms with Crippen LogP contribution in [0.15, 0.2) is 18.2 Å². The van der Waals surface area contributed by atoms with Crippen molar-refractivity contribution >= 4 is 12.1 Å². The molecule has 4 N–H and O–H groups in total. The molecule has 1 aromatic carbocycles. The normalized spacial score (nSPS) is 14.3. The molecule has 0 aliphatic heterocycles. The van der Waals surface area contributed by atoms with Crippen LogP contribution in [0.4, 0.5) is 4.79 Å². The standard InChI is InChI=1S/C16H23NO7/c1-4-8-23-14(20)16(17,24-15(21)22-5-2)10(3)11-6-7-12(18)13(19)9-11/h6-7,9-10,18-19H,4-5,8,17H2,1-3H3/t10?,16-/m1/s1. The number of carbonyl (C=O) groups is 2. The van der Waals surface area contributed by atoms with Crippen LogP contribution in [-0.4, -0.2) is 41.3 Å². The van der Waals surface area contributed by atoms with E-state index in [0.29, 0.717) is 12.0 Å². The summed E-state index contributed by atoms with van der Waals surface area (Å²) in [4.78, 5) is 24.0. The summed E-state index contributed by atoms with van der Waals surface area (Å²) < 4.78 is 14.7. The number of hydrogen-bond acceptors (Lipinski definition) is 8. The summed E-state index contributed by atoms with van der Waals surface area (Å²) in [6.07, 6.45) is -0.543. The van der Waals surface area contributed by atoms with Crippen LogP contribution < -0.4 is 5.73 Å². The van der Waals surface area contributed by atoms with E-state index in [1.54, 1.807) is 13.8 Å². The molecule has 1 rings (SSSR count). The van der Waals surface area contributed by atoms with E-state index in [1.165, 1.54) is 25.1 Å². The zero-order valence-corrected chi connectivity index (χ0v) is 13.9. The number of carbonyl (C=O) groups excluding carboxylic acids is 2. The van der Waals surface area contributed by atoms with Crippen LogP contribution in [0.3, 0.4) is 0 Å². The number of phenols is 2. The van der Waals surface area contributed by atoms with Crippen LogP contribution in [0.25, 0.3) is 0 Å². The van der Waals surface area contributed by atoms with Crippen LogP contribution in [0, 0.1) is 0 Å². The van der Waals surface area contributed by atoms with Crippen molar-refractivity contribution in [3.8, 4) is 11.5 Å². The molecule has 0 radical (unpaired) electrons. The molecule has 8 heteroatoms. The Balaban J connectivity index is 3.16. The van der Waals surface area contributed by atoms with Gasteiger partial charge >= 0.3 is 12.1 Å². The average Bonchev–Trinajstić information content (AvgIpc) is 2.54. The zero-order valence-electron chi connectivity index (χ0n) is 13.9. The second kappa shape index (κ2) is 8.39. The first-order chi connectivity index (χ1) is 11.3. The molecule has 0 fully saturated rings. The van der Waals surface area contributed by atoms with Crippen molar-refractivity contribution in [2.75, 3.05) is 13.2 Å². The molecule has 0 heterocycles. The maximum Gasteiger partial charge on any atom is 0.510 e. The topological polar surface area (TPSA) is 128 Å². The third-order valence-electron chi connectivity index (χ3n) is 3.41. The molecule has 0 bridgehead atoms. The Kier molecular flexibility index (Phi) is 6.84. The molecule has 0 aliphatic carbocycles. The molecule has 0 saturated carbocycles. The maximum absolute atomic E-state index is 12.3. The summed E-state index contributed by atoms with van der Waals surface area (Å²) in [6, 6.07) is 3.91. The van der Waals surface area contributed by atoms with Gasteiger partial charge in [0.05, 0.1) is 13.2 Å². The number of phenolic OH excluding ortho intramolecular Hbond substituents is 2. The van der Waals surface area contributed by atoms with Crippen molar-refractivity contribution in [2.24, 2.45) is 5.73 Å². The number of rotatable bonds is 7. The van der Waals surface area contributed by atoms with Crippen molar-refractivity contribution in [1.29, 1.82) is 0 Å². The van der Waals surface area contributed by atoms with Crippen LogP contribution >= 0.6 is 0 Å². The lowest BCUT2D eigenvalue weighted by atomic mass is 9.90. The van der Waals surface area contributed by atoms with E-state index in [-0.39, 0.29) is 24.7 Å². The summed E-state index contributed by atoms with van der Waals surface area (Å²) in [5.74, 6) is -2.52. The van der Waals surface area contributed by atoms with E-state index in [2.05, 4.69) is 4.74 Å². The third-order valence-corrected chi connectivity index (χ3v) is 3.41. The molecule has 1 unspecified atom stereocenters. The molecular formula is C16H23NO7. The number of nitrogens with two attached hydrogens (primary N) is 1. The summed E-state index contributed by atoms with van der Waals surface area (Å²) in [6.45, 7) is 5.07. The van der Waals surface area contributed by atoms with Crippen LogP contribution in [0.1, 0.15) is 38.7 Å². The zero-order chi connectivity index (χ0) is 18.3. The van der Waals surface area contributed by atoms with E-state index >= 15 is 0 Å². The van der Waals surface area contributed by atoms with Gasteiger partial charge in [0, 0.05) is 5.92 Å². The minimum absolute atomic E-state index is 0.0489. The number of benzene rings is 1. The van der Waals surface area contributed by atoms with Gasteiger partial charge in [-0.15, -0.1) is 0 Å². The fourth-order valence-corrected chi connectivity index (χ4v) is 1.96. The SMILES string of the molecule is CCCOC(=O)[C@](N)(OC(=O)OCC)C(C)c1ccc(O)c(O)c1. The van der Waals surface area contributed by atoms with E-state index in [0.717, 1.165) is 0 Å². The number of hydrogen-bond donors (Lipinski definition) is 3. The Hall–Kier alpha value is -2.48. The van der Waals surface area contributed by atoms with Gasteiger partial charge in [-0.25, -0.2) is 9.59 Å². The van der Waals surface area contributed by atoms with Gasteiger partial charge in [-0.05, 0) is 31.0 Å². The van der Waals surface area contributed by atoms with Gasteiger partial charge in [-0.2, -0.15) is 0 Å². The van der Waals surface area contributed by atoms with E-state index in [9.17, 15) is 19.8 Å². The second-order valence-electron chi connectivity index (χ2n) is 5.18. The smallest absolute Gasteiger partial charge is 0.504 e. The molecule has 8 nitrogen and oxygen atoms in total. The predicted octanol–water partition coefficient (Wildman–Crippen LogP) is 1.98. The first-order valence-electron chi connectivity index (χ1n) is 7.59. The number of esters is 1. The summed E-state index contributed by atoms with van der Waals surface area (Å²) in [5, 5.41) is 19.0. The van der Waals surface area contributed by atoms with E-state index in [4.69, 9.17) is 15.2 Å². The highest BCUT2D eigenvalue weighted by Crippen LogP contribution is 2.34. The van der Waals surface area contributed by atoms with Gasteiger partial charge in [0.15, 0.2) is 11.5 Å². The van der Waals surface area contributed by atoms with Gasteiger partial charge in [0.25, 0.3) is 5.72 Å². The number of aromatic hydroxyl groups is 2. The van der Waals surface area contributed by atoms with Gasteiger partial charge in [-0.3, -0.25) is 5.73 Å². The molecule has 0 amide bonds. The summed E-state index contributed by atoms with van der Waals surface area (Å²) >= 11 is 0. The molecule has 1 aromatic rings. The summed E-state index contributed by atoms with van der Waals surface area (Å²) in [7, 11) is 0. The fraction of sp³-hybridized carbons (Fsp3) is 0.500. The fourth-order valence-electron chi connectivity index (χ4n) is 1.96. The van der Waals surface area contributed by atoms with E-state index < -0.39 is 23.8 Å². The van der Waals surface area contributed by atoms with E-state index in [1.807, 2.05) is 0 Å². The van der Waals surface area contributed by atoms with Gasteiger partial charge in [0.1, 0.15) is 0 Å². The van der Waals surface area contributed by atoms with Crippen molar-refractivity contribution in [3.05, 3.63) is 23.8 Å². The number of ether oxygens (including phenoxy) is 3. The van der Waals surface area contributed by atoms with Crippen molar-refractivity contribution < 1.29 is 34.0 Å². The first kappa shape index (κ1) is 19.6. The average molecular weight is 341 g/mol. The molecule has 2 atom stereocenters. The largest absolute Gasteiger partial charge is 0.510 e. The minimum Gasteiger partial charge on any atom is -0.504 e. The lowest BCUT2D eigenvalue weighted by Crippen LogP contribution is -2.56. The van der Waals surface area contributed by atoms with Crippen LogP contribution in [0.5, 0.6) is 11.5 Å².